The molecular weight excluding hydrogens is 316 g/mol. The number of aromatic amines is 1. The normalized spacial score (nSPS) is 11.5. The van der Waals surface area contributed by atoms with E-state index < -0.39 is 23.8 Å². The molecule has 1 aromatic heterocycles. The zero-order chi connectivity index (χ0) is 18.4. The zero-order valence-corrected chi connectivity index (χ0v) is 14.4. The lowest BCUT2D eigenvalue weighted by atomic mass is 10.1. The van der Waals surface area contributed by atoms with Crippen molar-refractivity contribution in [3.05, 3.63) is 22.5 Å². The van der Waals surface area contributed by atoms with Gasteiger partial charge in [-0.3, -0.25) is 14.4 Å². The molecule has 1 rings (SSSR count). The van der Waals surface area contributed by atoms with Crippen molar-refractivity contribution in [3.8, 4) is 0 Å². The fourth-order valence-electron chi connectivity index (χ4n) is 2.26. The maximum Gasteiger partial charge on any atom is 0.339 e. The van der Waals surface area contributed by atoms with E-state index in [4.69, 9.17) is 4.74 Å². The van der Waals surface area contributed by atoms with Crippen molar-refractivity contribution in [2.75, 3.05) is 13.7 Å². The number of Topliss-reactive ketones (excluding diaryl/α,β-unsaturated/α-hetero) is 1. The van der Waals surface area contributed by atoms with Crippen LogP contribution in [0.4, 0.5) is 0 Å². The van der Waals surface area contributed by atoms with E-state index in [1.807, 2.05) is 0 Å². The Labute approximate surface area is 139 Å². The van der Waals surface area contributed by atoms with Crippen LogP contribution in [0, 0.1) is 13.8 Å². The van der Waals surface area contributed by atoms with Crippen LogP contribution in [0.1, 0.15) is 52.4 Å². The maximum atomic E-state index is 12.4. The molecule has 1 atom stereocenters. The van der Waals surface area contributed by atoms with Gasteiger partial charge >= 0.3 is 11.9 Å². The summed E-state index contributed by atoms with van der Waals surface area (Å²) in [5.74, 6) is -1.84. The molecule has 1 aromatic rings. The van der Waals surface area contributed by atoms with Crippen LogP contribution in [0.25, 0.3) is 0 Å². The van der Waals surface area contributed by atoms with Crippen LogP contribution in [-0.4, -0.2) is 48.4 Å². The van der Waals surface area contributed by atoms with Gasteiger partial charge in [-0.1, -0.05) is 0 Å². The standard InChI is InChI=1S/C16H22N2O6/c1-8-13(16(22)23-5)9(2)18-14(8)15(21)10(3)24-12(20)6-7-17-11(4)19/h10,18H,6-7H2,1-5H3,(H,17,19)/t10-/m1/s1. The lowest BCUT2D eigenvalue weighted by molar-refractivity contribution is -0.146. The number of nitrogens with one attached hydrogen (secondary N) is 2. The van der Waals surface area contributed by atoms with E-state index in [9.17, 15) is 19.2 Å². The number of carbonyl (C=O) groups is 4. The average Bonchev–Trinajstić information content (AvgIpc) is 2.80. The number of rotatable bonds is 7. The first-order valence-corrected chi connectivity index (χ1v) is 7.44. The molecule has 8 heteroatoms. The highest BCUT2D eigenvalue weighted by Crippen LogP contribution is 2.20. The fourth-order valence-corrected chi connectivity index (χ4v) is 2.26. The molecule has 0 radical (unpaired) electrons. The number of hydrogen-bond donors (Lipinski definition) is 2. The van der Waals surface area contributed by atoms with E-state index in [0.29, 0.717) is 16.8 Å². The van der Waals surface area contributed by atoms with Crippen LogP contribution in [0.3, 0.4) is 0 Å². The smallest absolute Gasteiger partial charge is 0.339 e. The van der Waals surface area contributed by atoms with Gasteiger partial charge in [-0.2, -0.15) is 0 Å². The number of ketones is 1. The van der Waals surface area contributed by atoms with Crippen molar-refractivity contribution in [3.63, 3.8) is 0 Å². The van der Waals surface area contributed by atoms with E-state index in [1.165, 1.54) is 21.0 Å². The van der Waals surface area contributed by atoms with Crippen molar-refractivity contribution in [2.24, 2.45) is 0 Å². The Hall–Kier alpha value is -2.64. The summed E-state index contributed by atoms with van der Waals surface area (Å²) in [6, 6.07) is 0. The summed E-state index contributed by atoms with van der Waals surface area (Å²) in [5, 5.41) is 2.47. The lowest BCUT2D eigenvalue weighted by Gasteiger charge is -2.12. The van der Waals surface area contributed by atoms with Gasteiger partial charge in [0.2, 0.25) is 11.7 Å². The number of amides is 1. The van der Waals surface area contributed by atoms with Gasteiger partial charge in [0, 0.05) is 19.2 Å². The molecule has 0 aliphatic heterocycles. The van der Waals surface area contributed by atoms with Crippen LogP contribution in [0.5, 0.6) is 0 Å². The van der Waals surface area contributed by atoms with Crippen molar-refractivity contribution in [1.29, 1.82) is 0 Å². The first-order valence-electron chi connectivity index (χ1n) is 7.44. The Morgan fingerprint density at radius 2 is 1.83 bits per heavy atom. The molecule has 2 N–H and O–H groups in total. The molecule has 0 aliphatic rings. The largest absolute Gasteiger partial charge is 0.465 e. The van der Waals surface area contributed by atoms with E-state index in [0.717, 1.165) is 0 Å². The highest BCUT2D eigenvalue weighted by Gasteiger charge is 2.27. The molecule has 0 unspecified atom stereocenters. The molecule has 24 heavy (non-hydrogen) atoms. The molecule has 0 bridgehead atoms. The first-order chi connectivity index (χ1) is 11.2. The third-order valence-electron chi connectivity index (χ3n) is 3.45. The van der Waals surface area contributed by atoms with Gasteiger partial charge < -0.3 is 19.8 Å². The third-order valence-corrected chi connectivity index (χ3v) is 3.45. The van der Waals surface area contributed by atoms with Crippen LogP contribution in [0.2, 0.25) is 0 Å². The second-order valence-corrected chi connectivity index (χ2v) is 5.35. The van der Waals surface area contributed by atoms with Crippen LogP contribution >= 0.6 is 0 Å². The minimum absolute atomic E-state index is 0.0344. The molecule has 0 aromatic carbocycles. The molecule has 1 heterocycles. The first kappa shape index (κ1) is 19.4. The monoisotopic (exact) mass is 338 g/mol. The van der Waals surface area contributed by atoms with Gasteiger partial charge in [-0.25, -0.2) is 4.79 Å². The molecule has 0 saturated carbocycles. The second kappa shape index (κ2) is 8.28. The highest BCUT2D eigenvalue weighted by atomic mass is 16.5. The molecule has 0 saturated heterocycles. The lowest BCUT2D eigenvalue weighted by Crippen LogP contribution is -2.28. The van der Waals surface area contributed by atoms with Gasteiger partial charge in [0.1, 0.15) is 0 Å². The number of methoxy groups -OCH3 is 1. The van der Waals surface area contributed by atoms with E-state index in [1.54, 1.807) is 13.8 Å². The topological polar surface area (TPSA) is 115 Å². The molecule has 1 amide bonds. The van der Waals surface area contributed by atoms with Crippen molar-refractivity contribution in [2.45, 2.75) is 40.2 Å². The van der Waals surface area contributed by atoms with Gasteiger partial charge in [0.25, 0.3) is 0 Å². The molecule has 0 fully saturated rings. The summed E-state index contributed by atoms with van der Waals surface area (Å²) >= 11 is 0. The third kappa shape index (κ3) is 4.68. The van der Waals surface area contributed by atoms with Gasteiger partial charge in [-0.15, -0.1) is 0 Å². The summed E-state index contributed by atoms with van der Waals surface area (Å²) in [6.45, 7) is 6.20. The van der Waals surface area contributed by atoms with Gasteiger partial charge in [-0.05, 0) is 26.3 Å². The highest BCUT2D eigenvalue weighted by molar-refractivity contribution is 6.03. The Bertz CT molecular complexity index is 662. The molecular formula is C16H22N2O6. The fraction of sp³-hybridized carbons (Fsp3) is 0.500. The van der Waals surface area contributed by atoms with Crippen LogP contribution < -0.4 is 5.32 Å². The van der Waals surface area contributed by atoms with Crippen molar-refractivity contribution in [1.82, 2.24) is 10.3 Å². The summed E-state index contributed by atoms with van der Waals surface area (Å²) in [4.78, 5) is 49.4. The predicted octanol–water partition coefficient (Wildman–Crippen LogP) is 1.06. The molecule has 8 nitrogen and oxygen atoms in total. The molecule has 132 valence electrons. The maximum absolute atomic E-state index is 12.4. The minimum Gasteiger partial charge on any atom is -0.465 e. The Morgan fingerprint density at radius 3 is 2.38 bits per heavy atom. The van der Waals surface area contributed by atoms with E-state index in [2.05, 4.69) is 15.0 Å². The van der Waals surface area contributed by atoms with Gasteiger partial charge in [0.15, 0.2) is 6.10 Å². The van der Waals surface area contributed by atoms with Crippen LogP contribution in [-0.2, 0) is 19.1 Å². The minimum atomic E-state index is -1.02. The Kier molecular flexibility index (Phi) is 6.69. The van der Waals surface area contributed by atoms with Gasteiger partial charge in [0.05, 0.1) is 24.8 Å². The molecule has 0 spiro atoms. The number of carbonyl (C=O) groups excluding carboxylic acids is 4. The Balaban J connectivity index is 2.78. The Morgan fingerprint density at radius 1 is 1.21 bits per heavy atom. The SMILES string of the molecule is COC(=O)c1c(C)[nH]c(C(=O)[C@@H](C)OC(=O)CCNC(C)=O)c1C. The summed E-state index contributed by atoms with van der Waals surface area (Å²) in [6.07, 6.45) is -1.05. The number of ether oxygens (including phenoxy) is 2. The van der Waals surface area contributed by atoms with Crippen molar-refractivity contribution < 1.29 is 28.7 Å². The number of aromatic nitrogens is 1. The summed E-state index contributed by atoms with van der Waals surface area (Å²) < 4.78 is 9.75. The average molecular weight is 338 g/mol. The number of H-pyrrole nitrogens is 1. The molecule has 0 aliphatic carbocycles. The van der Waals surface area contributed by atoms with Crippen molar-refractivity contribution >= 4 is 23.6 Å². The van der Waals surface area contributed by atoms with E-state index >= 15 is 0 Å². The van der Waals surface area contributed by atoms with E-state index in [-0.39, 0.29) is 24.6 Å². The number of esters is 2. The summed E-state index contributed by atoms with van der Waals surface area (Å²) in [5.41, 5.74) is 1.46. The quantitative estimate of drug-likeness (QED) is 0.567. The van der Waals surface area contributed by atoms with Crippen LogP contribution in [0.15, 0.2) is 0 Å². The second-order valence-electron chi connectivity index (χ2n) is 5.35. The predicted molar refractivity (Wildman–Crippen MR) is 84.8 cm³/mol. The number of aryl methyl sites for hydroxylation is 1. The summed E-state index contributed by atoms with van der Waals surface area (Å²) in [7, 11) is 1.26. The number of hydrogen-bond acceptors (Lipinski definition) is 6. The zero-order valence-electron chi connectivity index (χ0n) is 14.4.